The molecule has 0 spiro atoms. The van der Waals surface area contributed by atoms with Gasteiger partial charge in [-0.15, -0.1) is 0 Å². The first-order valence-electron chi connectivity index (χ1n) is 6.07. The van der Waals surface area contributed by atoms with E-state index in [9.17, 15) is 9.59 Å². The Morgan fingerprint density at radius 1 is 0.950 bits per heavy atom. The van der Waals surface area contributed by atoms with Gasteiger partial charge in [-0.3, -0.25) is 14.8 Å². The first-order valence-corrected chi connectivity index (χ1v) is 6.07. The zero-order chi connectivity index (χ0) is 14.4. The lowest BCUT2D eigenvalue weighted by atomic mass is 10.1. The summed E-state index contributed by atoms with van der Waals surface area (Å²) in [7, 11) is 0. The van der Waals surface area contributed by atoms with Crippen LogP contribution < -0.4 is 10.8 Å². The molecule has 0 heterocycles. The average molecular weight is 270 g/mol. The molecule has 0 aromatic heterocycles. The Morgan fingerprint density at radius 2 is 1.60 bits per heavy atom. The van der Waals surface area contributed by atoms with Gasteiger partial charge in [-0.1, -0.05) is 30.3 Å². The first kappa shape index (κ1) is 13.8. The fourth-order valence-corrected chi connectivity index (χ4v) is 1.76. The van der Waals surface area contributed by atoms with Gasteiger partial charge in [-0.05, 0) is 29.8 Å². The van der Waals surface area contributed by atoms with Crippen molar-refractivity contribution in [2.45, 2.75) is 6.42 Å². The molecular weight excluding hydrogens is 256 g/mol. The van der Waals surface area contributed by atoms with E-state index in [2.05, 4.69) is 5.32 Å². The molecule has 0 fully saturated rings. The summed E-state index contributed by atoms with van der Waals surface area (Å²) in [5, 5.41) is 11.2. The van der Waals surface area contributed by atoms with Crippen LogP contribution in [0, 0.1) is 0 Å². The highest BCUT2D eigenvalue weighted by Crippen LogP contribution is 2.10. The van der Waals surface area contributed by atoms with Gasteiger partial charge >= 0.3 is 0 Å². The second-order valence-corrected chi connectivity index (χ2v) is 4.23. The molecule has 5 nitrogen and oxygen atoms in total. The molecule has 2 amide bonds. The maximum Gasteiger partial charge on any atom is 0.274 e. The number of benzene rings is 2. The smallest absolute Gasteiger partial charge is 0.274 e. The van der Waals surface area contributed by atoms with Crippen molar-refractivity contribution < 1.29 is 14.8 Å². The molecule has 102 valence electrons. The molecule has 2 aromatic rings. The van der Waals surface area contributed by atoms with Crippen molar-refractivity contribution in [1.82, 2.24) is 5.48 Å². The lowest BCUT2D eigenvalue weighted by Gasteiger charge is -2.06. The normalized spacial score (nSPS) is 9.85. The predicted octanol–water partition coefficient (Wildman–Crippen LogP) is 1.99. The van der Waals surface area contributed by atoms with Crippen LogP contribution in [-0.2, 0) is 11.2 Å². The molecule has 0 atom stereocenters. The Bertz CT molecular complexity index is 594. The van der Waals surface area contributed by atoms with Crippen molar-refractivity contribution in [3.05, 3.63) is 65.7 Å². The predicted molar refractivity (Wildman–Crippen MR) is 74.5 cm³/mol. The van der Waals surface area contributed by atoms with Crippen molar-refractivity contribution in [3.63, 3.8) is 0 Å². The fraction of sp³-hybridized carbons (Fsp3) is 0.0667. The molecule has 0 bridgehead atoms. The summed E-state index contributed by atoms with van der Waals surface area (Å²) in [4.78, 5) is 23.0. The van der Waals surface area contributed by atoms with E-state index in [1.54, 1.807) is 17.6 Å². The highest BCUT2D eigenvalue weighted by molar-refractivity contribution is 5.95. The topological polar surface area (TPSA) is 78.4 Å². The summed E-state index contributed by atoms with van der Waals surface area (Å²) in [6.45, 7) is 0. The van der Waals surface area contributed by atoms with Crippen LogP contribution in [0.1, 0.15) is 15.9 Å². The lowest BCUT2D eigenvalue weighted by Crippen LogP contribution is -2.18. The van der Waals surface area contributed by atoms with E-state index in [1.165, 1.54) is 12.1 Å². The molecule has 2 aromatic carbocycles. The third-order valence-electron chi connectivity index (χ3n) is 2.74. The molecule has 20 heavy (non-hydrogen) atoms. The average Bonchev–Trinajstić information content (AvgIpc) is 2.48. The zero-order valence-electron chi connectivity index (χ0n) is 10.7. The molecule has 0 saturated heterocycles. The van der Waals surface area contributed by atoms with Gasteiger partial charge in [-0.25, -0.2) is 5.48 Å². The van der Waals surface area contributed by atoms with Crippen molar-refractivity contribution >= 4 is 17.5 Å². The standard InChI is InChI=1S/C15H14N2O3/c18-14(10-11-4-2-1-3-5-11)16-13-8-6-12(7-9-13)15(19)17-20/h1-9,20H,10H2,(H,16,18)(H,17,19). The number of carbonyl (C=O) groups is 2. The lowest BCUT2D eigenvalue weighted by molar-refractivity contribution is -0.115. The van der Waals surface area contributed by atoms with Crippen LogP contribution in [0.5, 0.6) is 0 Å². The minimum atomic E-state index is -0.591. The molecule has 0 aliphatic carbocycles. The maximum absolute atomic E-state index is 11.8. The fourth-order valence-electron chi connectivity index (χ4n) is 1.76. The number of carbonyl (C=O) groups excluding carboxylic acids is 2. The zero-order valence-corrected chi connectivity index (χ0v) is 10.7. The van der Waals surface area contributed by atoms with Crippen molar-refractivity contribution in [1.29, 1.82) is 0 Å². The summed E-state index contributed by atoms with van der Waals surface area (Å²) in [6, 6.07) is 15.7. The van der Waals surface area contributed by atoms with Crippen molar-refractivity contribution in [3.8, 4) is 0 Å². The van der Waals surface area contributed by atoms with Crippen molar-refractivity contribution in [2.24, 2.45) is 0 Å². The highest BCUT2D eigenvalue weighted by Gasteiger charge is 2.06. The Morgan fingerprint density at radius 3 is 2.20 bits per heavy atom. The molecule has 0 radical (unpaired) electrons. The minimum Gasteiger partial charge on any atom is -0.326 e. The van der Waals surface area contributed by atoms with E-state index >= 15 is 0 Å². The third-order valence-corrected chi connectivity index (χ3v) is 2.74. The summed E-state index contributed by atoms with van der Waals surface area (Å²) < 4.78 is 0. The second kappa shape index (κ2) is 6.49. The van der Waals surface area contributed by atoms with Gasteiger partial charge < -0.3 is 5.32 Å². The number of hydroxylamine groups is 1. The number of anilines is 1. The van der Waals surface area contributed by atoms with E-state index in [0.717, 1.165) is 5.56 Å². The van der Waals surface area contributed by atoms with Gasteiger partial charge in [0.1, 0.15) is 0 Å². The summed E-state index contributed by atoms with van der Waals surface area (Å²) in [5.74, 6) is -0.720. The highest BCUT2D eigenvalue weighted by atomic mass is 16.5. The number of nitrogens with one attached hydrogen (secondary N) is 2. The number of hydrogen-bond donors (Lipinski definition) is 3. The van der Waals surface area contributed by atoms with Crippen LogP contribution in [-0.4, -0.2) is 17.0 Å². The summed E-state index contributed by atoms with van der Waals surface area (Å²) in [5.41, 5.74) is 3.39. The van der Waals surface area contributed by atoms with Gasteiger partial charge in [-0.2, -0.15) is 0 Å². The Balaban J connectivity index is 1.96. The van der Waals surface area contributed by atoms with E-state index in [-0.39, 0.29) is 5.91 Å². The van der Waals surface area contributed by atoms with Gasteiger partial charge in [0.25, 0.3) is 5.91 Å². The number of amides is 2. The van der Waals surface area contributed by atoms with E-state index in [0.29, 0.717) is 17.7 Å². The van der Waals surface area contributed by atoms with Crippen LogP contribution in [0.15, 0.2) is 54.6 Å². The molecule has 3 N–H and O–H groups in total. The largest absolute Gasteiger partial charge is 0.326 e. The quantitative estimate of drug-likeness (QED) is 0.587. The Labute approximate surface area is 116 Å². The van der Waals surface area contributed by atoms with Gasteiger partial charge in [0.05, 0.1) is 6.42 Å². The first-order chi connectivity index (χ1) is 9.69. The summed E-state index contributed by atoms with van der Waals surface area (Å²) in [6.07, 6.45) is 0.291. The van der Waals surface area contributed by atoms with E-state index in [1.807, 2.05) is 30.3 Å². The number of hydrogen-bond acceptors (Lipinski definition) is 3. The van der Waals surface area contributed by atoms with Crippen molar-refractivity contribution in [2.75, 3.05) is 5.32 Å². The molecule has 5 heteroatoms. The van der Waals surface area contributed by atoms with Crippen LogP contribution >= 0.6 is 0 Å². The minimum absolute atomic E-state index is 0.129. The van der Waals surface area contributed by atoms with Crippen LogP contribution in [0.3, 0.4) is 0 Å². The van der Waals surface area contributed by atoms with Crippen LogP contribution in [0.2, 0.25) is 0 Å². The summed E-state index contributed by atoms with van der Waals surface area (Å²) >= 11 is 0. The SMILES string of the molecule is O=C(Cc1ccccc1)Nc1ccc(C(=O)NO)cc1. The van der Waals surface area contributed by atoms with Crippen LogP contribution in [0.4, 0.5) is 5.69 Å². The Hall–Kier alpha value is -2.66. The van der Waals surface area contributed by atoms with Crippen LogP contribution in [0.25, 0.3) is 0 Å². The van der Waals surface area contributed by atoms with Gasteiger partial charge in [0.15, 0.2) is 0 Å². The molecule has 0 unspecified atom stereocenters. The number of rotatable bonds is 4. The van der Waals surface area contributed by atoms with Gasteiger partial charge in [0, 0.05) is 11.3 Å². The molecule has 0 aliphatic heterocycles. The van der Waals surface area contributed by atoms with E-state index in [4.69, 9.17) is 5.21 Å². The Kier molecular flexibility index (Phi) is 4.47. The van der Waals surface area contributed by atoms with Gasteiger partial charge in [0.2, 0.25) is 5.91 Å². The molecule has 0 saturated carbocycles. The third kappa shape index (κ3) is 3.66. The maximum atomic E-state index is 11.8. The van der Waals surface area contributed by atoms with E-state index < -0.39 is 5.91 Å². The molecular formula is C15H14N2O3. The second-order valence-electron chi connectivity index (χ2n) is 4.23. The molecule has 0 aliphatic rings. The molecule has 2 rings (SSSR count). The monoisotopic (exact) mass is 270 g/mol.